The number of benzene rings is 1. The van der Waals surface area contributed by atoms with Crippen molar-refractivity contribution in [1.82, 2.24) is 14.5 Å². The number of carbonyl (C=O) groups is 1. The molecule has 1 aliphatic heterocycles. The number of nitrogens with one attached hydrogen (secondary N) is 1. The number of rotatable bonds is 6. The number of sulfonamides is 1. The standard InChI is InChI=1S/C18H27N3O3S/c1-5-6-19-17(22)13-20-7-9-21(10-8-20)25(23,24)18-15(3)11-14(2)12-16(18)4/h5,11-12H,1,6-10,13H2,2-4H3,(H,19,22). The number of piperazine rings is 1. The minimum atomic E-state index is -3.51. The first-order chi connectivity index (χ1) is 11.8. The summed E-state index contributed by atoms with van der Waals surface area (Å²) in [5.74, 6) is -0.0681. The molecule has 0 atom stereocenters. The maximum Gasteiger partial charge on any atom is 0.243 e. The van der Waals surface area contributed by atoms with Gasteiger partial charge in [-0.3, -0.25) is 9.69 Å². The molecular formula is C18H27N3O3S. The smallest absolute Gasteiger partial charge is 0.243 e. The van der Waals surface area contributed by atoms with Crippen LogP contribution in [0.4, 0.5) is 0 Å². The van der Waals surface area contributed by atoms with Crippen molar-refractivity contribution >= 4 is 15.9 Å². The number of hydrogen-bond acceptors (Lipinski definition) is 4. The van der Waals surface area contributed by atoms with Crippen LogP contribution in [0.2, 0.25) is 0 Å². The molecule has 0 bridgehead atoms. The second-order valence-corrected chi connectivity index (χ2v) is 8.38. The molecule has 1 heterocycles. The summed E-state index contributed by atoms with van der Waals surface area (Å²) in [6.45, 7) is 11.8. The van der Waals surface area contributed by atoms with E-state index in [0.717, 1.165) is 16.7 Å². The summed E-state index contributed by atoms with van der Waals surface area (Å²) in [5, 5.41) is 2.74. The lowest BCUT2D eigenvalue weighted by molar-refractivity contribution is -0.122. The van der Waals surface area contributed by atoms with Crippen molar-refractivity contribution in [3.05, 3.63) is 41.5 Å². The zero-order valence-electron chi connectivity index (χ0n) is 15.2. The molecule has 6 nitrogen and oxygen atoms in total. The van der Waals surface area contributed by atoms with Gasteiger partial charge in [0.15, 0.2) is 0 Å². The summed E-state index contributed by atoms with van der Waals surface area (Å²) in [5.41, 5.74) is 2.62. The molecule has 0 aromatic heterocycles. The minimum Gasteiger partial charge on any atom is -0.352 e. The number of amides is 1. The number of nitrogens with zero attached hydrogens (tertiary/aromatic N) is 2. The molecule has 1 aliphatic rings. The minimum absolute atomic E-state index is 0.0681. The van der Waals surface area contributed by atoms with Gasteiger partial charge in [-0.2, -0.15) is 4.31 Å². The van der Waals surface area contributed by atoms with Crippen molar-refractivity contribution in [3.8, 4) is 0 Å². The molecular weight excluding hydrogens is 338 g/mol. The molecule has 7 heteroatoms. The normalized spacial score (nSPS) is 16.6. The topological polar surface area (TPSA) is 69.7 Å². The average Bonchev–Trinajstić information content (AvgIpc) is 2.52. The summed E-state index contributed by atoms with van der Waals surface area (Å²) in [6.07, 6.45) is 1.63. The van der Waals surface area contributed by atoms with Crippen LogP contribution < -0.4 is 5.32 Å². The Labute approximate surface area is 150 Å². The summed E-state index contributed by atoms with van der Waals surface area (Å²) in [6, 6.07) is 3.81. The van der Waals surface area contributed by atoms with E-state index in [4.69, 9.17) is 0 Å². The van der Waals surface area contributed by atoms with Crippen LogP contribution in [0.1, 0.15) is 16.7 Å². The molecule has 1 aromatic rings. The van der Waals surface area contributed by atoms with Crippen LogP contribution in [0.15, 0.2) is 29.7 Å². The third-order valence-corrected chi connectivity index (χ3v) is 6.55. The molecule has 138 valence electrons. The van der Waals surface area contributed by atoms with Gasteiger partial charge in [-0.05, 0) is 31.9 Å². The van der Waals surface area contributed by atoms with Gasteiger partial charge < -0.3 is 5.32 Å². The van der Waals surface area contributed by atoms with Crippen molar-refractivity contribution in [3.63, 3.8) is 0 Å². The lowest BCUT2D eigenvalue weighted by Gasteiger charge is -2.34. The van der Waals surface area contributed by atoms with Crippen molar-refractivity contribution < 1.29 is 13.2 Å². The van der Waals surface area contributed by atoms with Gasteiger partial charge in [0.05, 0.1) is 11.4 Å². The highest BCUT2D eigenvalue weighted by Gasteiger charge is 2.31. The summed E-state index contributed by atoms with van der Waals surface area (Å²) >= 11 is 0. The van der Waals surface area contributed by atoms with Gasteiger partial charge in [-0.25, -0.2) is 8.42 Å². The molecule has 1 N–H and O–H groups in total. The summed E-state index contributed by atoms with van der Waals surface area (Å²) in [4.78, 5) is 14.1. The SMILES string of the molecule is C=CCNC(=O)CN1CCN(S(=O)(=O)c2c(C)cc(C)cc2C)CC1. The first-order valence-electron chi connectivity index (χ1n) is 8.43. The van der Waals surface area contributed by atoms with E-state index in [1.54, 1.807) is 6.08 Å². The lowest BCUT2D eigenvalue weighted by atomic mass is 10.1. The monoisotopic (exact) mass is 365 g/mol. The molecule has 0 radical (unpaired) electrons. The van der Waals surface area contributed by atoms with Crippen molar-refractivity contribution in [2.45, 2.75) is 25.7 Å². The summed E-state index contributed by atoms with van der Waals surface area (Å²) < 4.78 is 27.6. The lowest BCUT2D eigenvalue weighted by Crippen LogP contribution is -2.51. The van der Waals surface area contributed by atoms with Crippen LogP contribution >= 0.6 is 0 Å². The second-order valence-electron chi connectivity index (χ2n) is 6.50. The van der Waals surface area contributed by atoms with Crippen molar-refractivity contribution in [2.24, 2.45) is 0 Å². The molecule has 1 saturated heterocycles. The first-order valence-corrected chi connectivity index (χ1v) is 9.87. The van der Waals surface area contributed by atoms with E-state index in [-0.39, 0.29) is 12.5 Å². The van der Waals surface area contributed by atoms with Crippen LogP contribution in [0.5, 0.6) is 0 Å². The van der Waals surface area contributed by atoms with Crippen LogP contribution in [0.25, 0.3) is 0 Å². The molecule has 0 saturated carbocycles. The Morgan fingerprint density at radius 3 is 2.24 bits per heavy atom. The highest BCUT2D eigenvalue weighted by molar-refractivity contribution is 7.89. The predicted molar refractivity (Wildman–Crippen MR) is 99.1 cm³/mol. The molecule has 1 aromatic carbocycles. The van der Waals surface area contributed by atoms with Gasteiger partial charge in [0.1, 0.15) is 0 Å². The fourth-order valence-corrected chi connectivity index (χ4v) is 5.11. The van der Waals surface area contributed by atoms with Crippen LogP contribution in [0.3, 0.4) is 0 Å². The average molecular weight is 365 g/mol. The second kappa shape index (κ2) is 8.12. The maximum atomic E-state index is 13.0. The Morgan fingerprint density at radius 2 is 1.72 bits per heavy atom. The Bertz CT molecular complexity index is 728. The number of aryl methyl sites for hydroxylation is 3. The molecule has 0 spiro atoms. The molecule has 1 amide bonds. The molecule has 2 rings (SSSR count). The van der Waals surface area contributed by atoms with Crippen molar-refractivity contribution in [2.75, 3.05) is 39.3 Å². The first kappa shape index (κ1) is 19.6. The van der Waals surface area contributed by atoms with E-state index >= 15 is 0 Å². The van der Waals surface area contributed by atoms with Crippen LogP contribution in [0, 0.1) is 20.8 Å². The van der Waals surface area contributed by atoms with Crippen LogP contribution in [-0.2, 0) is 14.8 Å². The maximum absolute atomic E-state index is 13.0. The van der Waals surface area contributed by atoms with E-state index in [1.165, 1.54) is 4.31 Å². The van der Waals surface area contributed by atoms with Gasteiger partial charge in [0, 0.05) is 32.7 Å². The van der Waals surface area contributed by atoms with E-state index in [2.05, 4.69) is 11.9 Å². The fourth-order valence-electron chi connectivity index (χ4n) is 3.28. The Balaban J connectivity index is 2.05. The third kappa shape index (κ3) is 4.68. The van der Waals surface area contributed by atoms with E-state index in [1.807, 2.05) is 37.8 Å². The van der Waals surface area contributed by atoms with Crippen molar-refractivity contribution in [1.29, 1.82) is 0 Å². The number of carbonyl (C=O) groups excluding carboxylic acids is 1. The van der Waals surface area contributed by atoms with E-state index in [9.17, 15) is 13.2 Å². The number of hydrogen-bond donors (Lipinski definition) is 1. The highest BCUT2D eigenvalue weighted by atomic mass is 32.2. The quantitative estimate of drug-likeness (QED) is 0.770. The van der Waals surface area contributed by atoms with Gasteiger partial charge in [0.2, 0.25) is 15.9 Å². The van der Waals surface area contributed by atoms with Gasteiger partial charge in [0.25, 0.3) is 0 Å². The molecule has 0 aliphatic carbocycles. The largest absolute Gasteiger partial charge is 0.352 e. The van der Waals surface area contributed by atoms with Crippen LogP contribution in [-0.4, -0.2) is 62.8 Å². The predicted octanol–water partition coefficient (Wildman–Crippen LogP) is 1.22. The zero-order chi connectivity index (χ0) is 18.6. The Hall–Kier alpha value is -1.70. The Kier molecular flexibility index (Phi) is 6.37. The molecule has 0 unspecified atom stereocenters. The van der Waals surface area contributed by atoms with Gasteiger partial charge in [-0.1, -0.05) is 23.8 Å². The Morgan fingerprint density at radius 1 is 1.16 bits per heavy atom. The van der Waals surface area contributed by atoms with E-state index in [0.29, 0.717) is 37.6 Å². The molecule has 25 heavy (non-hydrogen) atoms. The zero-order valence-corrected chi connectivity index (χ0v) is 16.0. The third-order valence-electron chi connectivity index (χ3n) is 4.34. The van der Waals surface area contributed by atoms with Gasteiger partial charge >= 0.3 is 0 Å². The van der Waals surface area contributed by atoms with E-state index < -0.39 is 10.0 Å². The van der Waals surface area contributed by atoms with Gasteiger partial charge in [-0.15, -0.1) is 6.58 Å². The highest BCUT2D eigenvalue weighted by Crippen LogP contribution is 2.25. The summed E-state index contributed by atoms with van der Waals surface area (Å²) in [7, 11) is -3.51. The molecule has 1 fully saturated rings. The fraction of sp³-hybridized carbons (Fsp3) is 0.500.